The number of carbonyl (C=O) groups excluding carboxylic acids is 1. The Kier molecular flexibility index (Phi) is 5.64. The molecule has 7 heteroatoms. The van der Waals surface area contributed by atoms with E-state index in [9.17, 15) is 9.18 Å². The maximum atomic E-state index is 13.9. The summed E-state index contributed by atoms with van der Waals surface area (Å²) >= 11 is 6.04. The van der Waals surface area contributed by atoms with E-state index in [4.69, 9.17) is 21.1 Å². The lowest BCUT2D eigenvalue weighted by Gasteiger charge is -2.18. The van der Waals surface area contributed by atoms with Crippen molar-refractivity contribution in [2.45, 2.75) is 19.5 Å². The third-order valence-corrected chi connectivity index (χ3v) is 4.63. The van der Waals surface area contributed by atoms with E-state index in [2.05, 4.69) is 5.32 Å². The molecule has 5 nitrogen and oxygen atoms in total. The van der Waals surface area contributed by atoms with E-state index in [1.165, 1.54) is 6.07 Å². The summed E-state index contributed by atoms with van der Waals surface area (Å²) in [7, 11) is 1.83. The second kappa shape index (κ2) is 7.93. The molecule has 2 aromatic rings. The van der Waals surface area contributed by atoms with E-state index in [1.807, 2.05) is 32.2 Å². The number of benzene rings is 2. The number of halogens is 2. The molecule has 1 aliphatic heterocycles. The van der Waals surface area contributed by atoms with Gasteiger partial charge in [0.2, 0.25) is 6.79 Å². The maximum absolute atomic E-state index is 13.9. The smallest absolute Gasteiger partial charge is 0.275 e. The predicted molar refractivity (Wildman–Crippen MR) is 96.0 cm³/mol. The van der Waals surface area contributed by atoms with E-state index in [0.29, 0.717) is 28.6 Å². The number of amides is 1. The highest BCUT2D eigenvalue weighted by atomic mass is 35.5. The molecule has 3 rings (SSSR count). The van der Waals surface area contributed by atoms with Crippen molar-refractivity contribution in [3.63, 3.8) is 0 Å². The molecule has 1 unspecified atom stereocenters. The third-order valence-electron chi connectivity index (χ3n) is 4.28. The van der Waals surface area contributed by atoms with Gasteiger partial charge in [0.25, 0.3) is 5.91 Å². The summed E-state index contributed by atoms with van der Waals surface area (Å²) in [5.74, 6) is 0.907. The molecule has 1 heterocycles. The highest BCUT2D eigenvalue weighted by Gasteiger charge is 2.19. The van der Waals surface area contributed by atoms with Gasteiger partial charge in [0.05, 0.1) is 23.7 Å². The molecule has 0 aromatic heterocycles. The topological polar surface area (TPSA) is 52.0 Å². The lowest BCUT2D eigenvalue weighted by atomic mass is 10.1. The van der Waals surface area contributed by atoms with Gasteiger partial charge in [0.1, 0.15) is 12.4 Å². The van der Waals surface area contributed by atoms with Crippen molar-refractivity contribution in [3.05, 3.63) is 58.4 Å². The fourth-order valence-corrected chi connectivity index (χ4v) is 3.13. The van der Waals surface area contributed by atoms with Gasteiger partial charge in [-0.2, -0.15) is 0 Å². The number of hydrogen-bond donors (Lipinski definition) is 2. The van der Waals surface area contributed by atoms with Crippen LogP contribution in [0, 0.1) is 5.82 Å². The van der Waals surface area contributed by atoms with Crippen LogP contribution >= 0.6 is 11.6 Å². The normalized spacial score (nSPS) is 14.8. The van der Waals surface area contributed by atoms with Crippen LogP contribution in [0.25, 0.3) is 0 Å². The monoisotopic (exact) mass is 379 g/mol. The maximum Gasteiger partial charge on any atom is 0.275 e. The number of ether oxygens (including phenoxy) is 2. The van der Waals surface area contributed by atoms with Crippen LogP contribution < -0.4 is 19.7 Å². The Morgan fingerprint density at radius 2 is 2.08 bits per heavy atom. The molecule has 2 atom stereocenters. The highest BCUT2D eigenvalue weighted by molar-refractivity contribution is 6.31. The standard InChI is InChI=1S/C19H20ClFN2O3/c1-12(13-6-7-17-18(8-13)26-11-25-17)22-19(24)10-23(2)9-14-15(20)4-3-5-16(14)21/h3-8,12H,9-11H2,1-2H3,(H,22,24)/p+1/t12-/m0/s1. The van der Waals surface area contributed by atoms with Crippen LogP contribution in [0.5, 0.6) is 11.5 Å². The van der Waals surface area contributed by atoms with Gasteiger partial charge in [-0.3, -0.25) is 4.79 Å². The van der Waals surface area contributed by atoms with Crippen LogP contribution in [-0.2, 0) is 11.3 Å². The summed E-state index contributed by atoms with van der Waals surface area (Å²) in [6, 6.07) is 10.00. The zero-order valence-corrected chi connectivity index (χ0v) is 15.4. The van der Waals surface area contributed by atoms with Gasteiger partial charge < -0.3 is 19.7 Å². The number of quaternary nitrogens is 1. The fourth-order valence-electron chi connectivity index (χ4n) is 2.90. The Morgan fingerprint density at radius 3 is 2.85 bits per heavy atom. The van der Waals surface area contributed by atoms with E-state index in [-0.39, 0.29) is 31.1 Å². The minimum absolute atomic E-state index is 0.125. The Balaban J connectivity index is 1.56. The van der Waals surface area contributed by atoms with E-state index < -0.39 is 0 Å². The van der Waals surface area contributed by atoms with Crippen LogP contribution in [0.4, 0.5) is 4.39 Å². The predicted octanol–water partition coefficient (Wildman–Crippen LogP) is 2.10. The zero-order chi connectivity index (χ0) is 18.7. The molecule has 2 N–H and O–H groups in total. The van der Waals surface area contributed by atoms with Gasteiger partial charge in [-0.1, -0.05) is 23.7 Å². The molecule has 0 saturated carbocycles. The number of carbonyl (C=O) groups is 1. The number of hydrogen-bond acceptors (Lipinski definition) is 3. The van der Waals surface area contributed by atoms with Crippen molar-refractivity contribution < 1.29 is 23.6 Å². The quantitative estimate of drug-likeness (QED) is 0.808. The Bertz CT molecular complexity index is 795. The second-order valence-corrected chi connectivity index (χ2v) is 6.82. The molecule has 0 spiro atoms. The number of fused-ring (bicyclic) bond motifs is 1. The van der Waals surface area contributed by atoms with Crippen LogP contribution in [0.3, 0.4) is 0 Å². The minimum Gasteiger partial charge on any atom is -0.454 e. The fraction of sp³-hybridized carbons (Fsp3) is 0.316. The molecular weight excluding hydrogens is 359 g/mol. The van der Waals surface area contributed by atoms with Gasteiger partial charge in [-0.25, -0.2) is 4.39 Å². The molecule has 0 saturated heterocycles. The Hall–Kier alpha value is -2.31. The summed E-state index contributed by atoms with van der Waals surface area (Å²) in [5, 5.41) is 3.32. The zero-order valence-electron chi connectivity index (χ0n) is 14.6. The molecule has 0 aliphatic carbocycles. The molecule has 138 valence electrons. The van der Waals surface area contributed by atoms with Gasteiger partial charge >= 0.3 is 0 Å². The van der Waals surface area contributed by atoms with Gasteiger partial charge in [0.15, 0.2) is 18.0 Å². The summed E-state index contributed by atoms with van der Waals surface area (Å²) in [6.45, 7) is 2.65. The number of likely N-dealkylation sites (N-methyl/N-ethyl adjacent to an activating group) is 1. The highest BCUT2D eigenvalue weighted by Crippen LogP contribution is 2.34. The average molecular weight is 380 g/mol. The lowest BCUT2D eigenvalue weighted by molar-refractivity contribution is -0.885. The first-order valence-electron chi connectivity index (χ1n) is 8.37. The summed E-state index contributed by atoms with van der Waals surface area (Å²) < 4.78 is 24.5. The van der Waals surface area contributed by atoms with Crippen molar-refractivity contribution in [1.29, 1.82) is 0 Å². The first-order valence-corrected chi connectivity index (χ1v) is 8.75. The van der Waals surface area contributed by atoms with E-state index in [0.717, 1.165) is 10.5 Å². The van der Waals surface area contributed by atoms with Crippen molar-refractivity contribution >= 4 is 17.5 Å². The largest absolute Gasteiger partial charge is 0.454 e. The van der Waals surface area contributed by atoms with E-state index >= 15 is 0 Å². The number of nitrogens with one attached hydrogen (secondary N) is 2. The van der Waals surface area contributed by atoms with Gasteiger partial charge in [-0.05, 0) is 36.8 Å². The summed E-state index contributed by atoms with van der Waals surface area (Å²) in [5.41, 5.74) is 1.35. The summed E-state index contributed by atoms with van der Waals surface area (Å²) in [6.07, 6.45) is 0. The summed E-state index contributed by atoms with van der Waals surface area (Å²) in [4.78, 5) is 13.2. The molecule has 1 amide bonds. The number of rotatable bonds is 6. The third kappa shape index (κ3) is 4.26. The van der Waals surface area contributed by atoms with Gasteiger partial charge in [0, 0.05) is 0 Å². The SMILES string of the molecule is C[C@H](NC(=O)C[NH+](C)Cc1c(F)cccc1Cl)c1ccc2c(c1)OCO2. The molecule has 0 fully saturated rings. The molecule has 1 aliphatic rings. The van der Waals surface area contributed by atoms with Crippen LogP contribution in [0.2, 0.25) is 5.02 Å². The average Bonchev–Trinajstić information content (AvgIpc) is 3.05. The van der Waals surface area contributed by atoms with Crippen molar-refractivity contribution in [2.75, 3.05) is 20.4 Å². The van der Waals surface area contributed by atoms with Gasteiger partial charge in [-0.15, -0.1) is 0 Å². The molecule has 0 bridgehead atoms. The Morgan fingerprint density at radius 1 is 1.31 bits per heavy atom. The minimum atomic E-state index is -0.356. The Labute approximate surface area is 156 Å². The van der Waals surface area contributed by atoms with Crippen molar-refractivity contribution in [2.24, 2.45) is 0 Å². The van der Waals surface area contributed by atoms with E-state index in [1.54, 1.807) is 12.1 Å². The van der Waals surface area contributed by atoms with Crippen molar-refractivity contribution in [3.8, 4) is 11.5 Å². The first kappa shape index (κ1) is 18.5. The first-order chi connectivity index (χ1) is 12.4. The molecule has 26 heavy (non-hydrogen) atoms. The molecular formula is C19H21ClFN2O3+. The van der Waals surface area contributed by atoms with Crippen molar-refractivity contribution in [1.82, 2.24) is 5.32 Å². The molecule has 2 aromatic carbocycles. The van der Waals surface area contributed by atoms with Crippen LogP contribution in [-0.4, -0.2) is 26.3 Å². The van der Waals surface area contributed by atoms with Crippen LogP contribution in [0.1, 0.15) is 24.1 Å². The second-order valence-electron chi connectivity index (χ2n) is 6.41. The lowest BCUT2D eigenvalue weighted by Crippen LogP contribution is -3.09. The van der Waals surface area contributed by atoms with Crippen LogP contribution in [0.15, 0.2) is 36.4 Å². The molecule has 0 radical (unpaired) electrons.